The summed E-state index contributed by atoms with van der Waals surface area (Å²) in [5, 5.41) is 29.3. The van der Waals surface area contributed by atoms with Gasteiger partial charge < -0.3 is 78.4 Å². The van der Waals surface area contributed by atoms with E-state index in [0.29, 0.717) is 25.9 Å². The molecule has 4 aromatic rings. The van der Waals surface area contributed by atoms with Gasteiger partial charge in [-0.25, -0.2) is 0 Å². The second-order valence-corrected chi connectivity index (χ2v) is 29.6. The van der Waals surface area contributed by atoms with Gasteiger partial charge in [0.05, 0.1) is 12.2 Å². The molecule has 0 aliphatic heterocycles. The van der Waals surface area contributed by atoms with Gasteiger partial charge in [-0.05, 0) is 60.9 Å². The summed E-state index contributed by atoms with van der Waals surface area (Å²) in [4.78, 5) is 86.8. The smallest absolute Gasteiger partial charge is 0.324 e. The predicted octanol–water partition coefficient (Wildman–Crippen LogP) is 21.8. The number of unbranched alkanes of at least 4 members (excludes halogenated alkanes) is 40. The van der Waals surface area contributed by atoms with Gasteiger partial charge in [-0.2, -0.15) is 0 Å². The van der Waals surface area contributed by atoms with E-state index in [0.717, 1.165) is 80.2 Å². The number of ether oxygens (including phenoxy) is 2. The van der Waals surface area contributed by atoms with Gasteiger partial charge in [0, 0.05) is 6.61 Å². The monoisotopic (exact) mass is 1500 g/mol. The Hall–Kier alpha value is -2.20. The van der Waals surface area contributed by atoms with E-state index < -0.39 is 56.6 Å². The maximum atomic E-state index is 15.5. The van der Waals surface area contributed by atoms with E-state index >= 15 is 5.11 Å². The molecule has 101 heavy (non-hydrogen) atoms. The van der Waals surface area contributed by atoms with E-state index in [1.807, 2.05) is 0 Å². The molecular formula is C81H144O16P4. The highest BCUT2D eigenvalue weighted by molar-refractivity contribution is 7.38. The van der Waals surface area contributed by atoms with Gasteiger partial charge in [0.2, 0.25) is 0 Å². The summed E-state index contributed by atoms with van der Waals surface area (Å²) in [5.41, 5.74) is -3.07. The zero-order chi connectivity index (χ0) is 74.8. The van der Waals surface area contributed by atoms with E-state index in [-0.39, 0.29) is 6.61 Å². The summed E-state index contributed by atoms with van der Waals surface area (Å²) in [7, 11) is -10.5. The molecular weight excluding hydrogens is 1350 g/mol. The second-order valence-electron chi connectivity index (χ2n) is 27.4. The van der Waals surface area contributed by atoms with Crippen LogP contribution < -0.4 is 4.74 Å². The topological polar surface area (TPSA) is 302 Å². The number of para-hydroxylation sites is 1. The molecule has 14 N–H and O–H groups in total. The number of hydrogen-bond acceptors (Lipinski definition) is 16. The first kappa shape index (κ1) is 98.8. The van der Waals surface area contributed by atoms with Gasteiger partial charge in [-0.1, -0.05) is 407 Å². The third-order valence-electron chi connectivity index (χ3n) is 19.6. The lowest BCUT2D eigenvalue weighted by atomic mass is 9.46. The molecule has 0 radical (unpaired) electrons. The molecule has 0 fully saturated rings. The molecule has 2 atom stereocenters. The Labute approximate surface area is 618 Å². The predicted molar refractivity (Wildman–Crippen MR) is 423 cm³/mol. The van der Waals surface area contributed by atoms with Gasteiger partial charge in [0.15, 0.2) is 0 Å². The van der Waals surface area contributed by atoms with Crippen molar-refractivity contribution in [1.29, 1.82) is 0 Å². The summed E-state index contributed by atoms with van der Waals surface area (Å²) in [6, 6.07) is 42.3. The first-order valence-electron chi connectivity index (χ1n) is 39.2. The van der Waals surface area contributed by atoms with Crippen molar-refractivity contribution in [3.8, 4) is 5.75 Å². The Bertz CT molecular complexity index is 2240. The van der Waals surface area contributed by atoms with Crippen molar-refractivity contribution in [2.24, 2.45) is 5.41 Å². The van der Waals surface area contributed by atoms with Crippen LogP contribution in [0.25, 0.3) is 0 Å². The van der Waals surface area contributed by atoms with Gasteiger partial charge >= 0.3 is 34.4 Å². The van der Waals surface area contributed by atoms with E-state index in [1.165, 1.54) is 225 Å². The lowest BCUT2D eigenvalue weighted by molar-refractivity contribution is -0.303. The van der Waals surface area contributed by atoms with Crippen molar-refractivity contribution < 1.29 is 78.4 Å². The molecule has 0 aliphatic rings. The van der Waals surface area contributed by atoms with E-state index in [4.69, 9.17) is 68.2 Å². The van der Waals surface area contributed by atoms with Crippen LogP contribution in [0.15, 0.2) is 121 Å². The van der Waals surface area contributed by atoms with Crippen LogP contribution in [0.4, 0.5) is 0 Å². The number of aliphatic hydroxyl groups excluding tert-OH is 1. The van der Waals surface area contributed by atoms with Gasteiger partial charge in [0.25, 0.3) is 0 Å². The maximum absolute atomic E-state index is 15.5. The van der Waals surface area contributed by atoms with E-state index in [9.17, 15) is 5.11 Å². The first-order chi connectivity index (χ1) is 48.9. The van der Waals surface area contributed by atoms with Gasteiger partial charge in [-0.3, -0.25) is 0 Å². The highest BCUT2D eigenvalue weighted by Crippen LogP contribution is 2.66. The number of rotatable bonds is 58. The van der Waals surface area contributed by atoms with Crippen LogP contribution in [0.3, 0.4) is 0 Å². The molecule has 0 heterocycles. The molecule has 16 nitrogen and oxygen atoms in total. The van der Waals surface area contributed by atoms with Gasteiger partial charge in [0.1, 0.15) is 22.4 Å². The average molecular weight is 1500 g/mol. The van der Waals surface area contributed by atoms with Crippen LogP contribution in [0, 0.1) is 5.41 Å². The van der Waals surface area contributed by atoms with Crippen molar-refractivity contribution >= 4 is 34.4 Å². The summed E-state index contributed by atoms with van der Waals surface area (Å²) >= 11 is 0. The number of hydrogen-bond donors (Lipinski definition) is 14. The Morgan fingerprint density at radius 3 is 0.752 bits per heavy atom. The third kappa shape index (κ3) is 45.9. The molecule has 0 bridgehead atoms. The summed E-state index contributed by atoms with van der Waals surface area (Å²) in [6.45, 7) is 9.45. The summed E-state index contributed by atoms with van der Waals surface area (Å²) in [5.74, 6) is 0.749. The minimum Gasteiger partial charge on any atom is -0.482 e. The Balaban J connectivity index is 0.00000562. The molecule has 0 spiro atoms. The third-order valence-corrected chi connectivity index (χ3v) is 19.6. The van der Waals surface area contributed by atoms with Crippen LogP contribution in [0.1, 0.15) is 346 Å². The number of aliphatic hydroxyl groups is 2. The molecule has 2 unspecified atom stereocenters. The minimum absolute atomic E-state index is 0.346. The van der Waals surface area contributed by atoms with Crippen LogP contribution in [0.5, 0.6) is 5.75 Å². The van der Waals surface area contributed by atoms with Crippen LogP contribution in [-0.2, 0) is 15.9 Å². The first-order valence-corrected chi connectivity index (χ1v) is 44.0. The summed E-state index contributed by atoms with van der Waals surface area (Å²) in [6.07, 6.45) is 57.0. The van der Waals surface area contributed by atoms with Crippen molar-refractivity contribution in [1.82, 2.24) is 0 Å². The lowest BCUT2D eigenvalue weighted by Crippen LogP contribution is -2.74. The fraction of sp³-hybridized carbons (Fsp3) is 0.704. The average Bonchev–Trinajstić information content (AvgIpc) is 0.675. The highest BCUT2D eigenvalue weighted by atomic mass is 31.2. The fourth-order valence-corrected chi connectivity index (χ4v) is 14.6. The maximum Gasteiger partial charge on any atom is 0.324 e. The van der Waals surface area contributed by atoms with Gasteiger partial charge in [-0.15, -0.1) is 0 Å². The normalized spacial score (nSPS) is 12.8. The van der Waals surface area contributed by atoms with E-state index in [2.05, 4.69) is 149 Å². The largest absolute Gasteiger partial charge is 0.482 e. The van der Waals surface area contributed by atoms with Crippen LogP contribution in [0.2, 0.25) is 0 Å². The van der Waals surface area contributed by atoms with Crippen molar-refractivity contribution in [2.45, 2.75) is 346 Å². The second kappa shape index (κ2) is 67.2. The summed E-state index contributed by atoms with van der Waals surface area (Å²) < 4.78 is 16.4. The standard InChI is InChI=1S/C81H132O4.4H3O3P/c1-5-9-13-17-21-25-29-33-37-41-57-69-78(70-58-42-38-34-30-26-22-18-14-10-6-2,84-72-60-44-40-36-32-28-24-20-16-12-8-4)80(73-82,81(83,75-63-51-46-52-64-75)76-65-53-47-54-66-76)79(74-61-49-45-50-62-74,85-77-67-55-48-56-68-77)71-59-43-39-35-31-27-23-19-15-11-7-3;4*1-4(2)3/h45-56,61-68,82-83H,5-44,57-60,69-73H2,1-4H3;4*1-3H. The van der Waals surface area contributed by atoms with Crippen molar-refractivity contribution in [2.75, 3.05) is 13.2 Å². The molecule has 0 aromatic heterocycles. The minimum atomic E-state index is -2.62. The van der Waals surface area contributed by atoms with E-state index in [1.54, 1.807) is 0 Å². The molecule has 4 rings (SSSR count). The molecule has 0 saturated carbocycles. The van der Waals surface area contributed by atoms with Crippen LogP contribution in [-0.4, -0.2) is 87.7 Å². The molecule has 0 saturated heterocycles. The molecule has 20 heteroatoms. The zero-order valence-electron chi connectivity index (χ0n) is 63.1. The Morgan fingerprint density at radius 2 is 0.495 bits per heavy atom. The van der Waals surface area contributed by atoms with Crippen molar-refractivity contribution in [3.63, 3.8) is 0 Å². The molecule has 584 valence electrons. The Kier molecular flexibility index (Phi) is 65.7. The quantitative estimate of drug-likeness (QED) is 0.0144. The molecule has 4 aromatic carbocycles. The fourth-order valence-electron chi connectivity index (χ4n) is 14.6. The SMILES string of the molecule is CCCCCCCCCCCCCOC(CCCCCCCCCCCCC)(CCCCCCCCCCCCC)C(CO)(C(CCCCCCCCCCCCC)(Oc1ccccc1)c1ccccc1)C(O)(c1ccccc1)c1ccccc1.OP(O)O.OP(O)O.OP(O)O.OP(O)O. The number of benzene rings is 4. The lowest BCUT2D eigenvalue weighted by Gasteiger charge is -2.65. The molecule has 0 aliphatic carbocycles. The zero-order valence-corrected chi connectivity index (χ0v) is 66.6. The Morgan fingerprint density at radius 1 is 0.277 bits per heavy atom. The molecule has 0 amide bonds. The van der Waals surface area contributed by atoms with Crippen molar-refractivity contribution in [3.05, 3.63) is 138 Å². The van der Waals surface area contributed by atoms with Crippen LogP contribution >= 0.6 is 34.4 Å². The highest BCUT2D eigenvalue weighted by Gasteiger charge is 2.74.